The lowest BCUT2D eigenvalue weighted by Crippen LogP contribution is -2.36. The third-order valence-corrected chi connectivity index (χ3v) is 5.71. The van der Waals surface area contributed by atoms with Crippen LogP contribution < -0.4 is 10.2 Å². The standard InChI is InChI=1S/C23H21NO5/c1-27-15-7-4-6-14(12-15)20-19-21(25)17-9-2-3-10-18(17)29-22(19)23(26)24(20)13-16-8-5-11-28-16/h2-4,6-7,9-10,12,16,20H,5,8,11,13H2,1H3/t16-,20-/m1/s1. The summed E-state index contributed by atoms with van der Waals surface area (Å²) < 4.78 is 17.1. The fourth-order valence-electron chi connectivity index (χ4n) is 4.32. The molecule has 1 fully saturated rings. The van der Waals surface area contributed by atoms with Gasteiger partial charge in [-0.1, -0.05) is 24.3 Å². The summed E-state index contributed by atoms with van der Waals surface area (Å²) >= 11 is 0. The Balaban J connectivity index is 1.70. The number of hydrogen-bond acceptors (Lipinski definition) is 5. The number of rotatable bonds is 4. The SMILES string of the molecule is COc1cccc([C@@H]2c3c(oc4ccccc4c3=O)C(=O)N2C[C@H]2CCCO2)c1. The number of hydrogen-bond donors (Lipinski definition) is 0. The Morgan fingerprint density at radius 3 is 2.79 bits per heavy atom. The molecule has 0 saturated carbocycles. The average molecular weight is 391 g/mol. The second kappa shape index (κ2) is 7.04. The Hall–Kier alpha value is -3.12. The molecule has 2 aliphatic heterocycles. The molecule has 0 radical (unpaired) electrons. The first-order valence-electron chi connectivity index (χ1n) is 9.79. The lowest BCUT2D eigenvalue weighted by molar-refractivity contribution is 0.0486. The molecule has 29 heavy (non-hydrogen) atoms. The van der Waals surface area contributed by atoms with Crippen LogP contribution in [0.25, 0.3) is 11.0 Å². The molecule has 5 rings (SSSR count). The first-order valence-corrected chi connectivity index (χ1v) is 9.79. The van der Waals surface area contributed by atoms with Gasteiger partial charge in [0.05, 0.1) is 30.2 Å². The summed E-state index contributed by atoms with van der Waals surface area (Å²) in [6.45, 7) is 1.12. The second-order valence-electron chi connectivity index (χ2n) is 7.44. The van der Waals surface area contributed by atoms with E-state index in [4.69, 9.17) is 13.9 Å². The van der Waals surface area contributed by atoms with Crippen LogP contribution in [0.15, 0.2) is 57.7 Å². The molecule has 1 saturated heterocycles. The van der Waals surface area contributed by atoms with Crippen LogP contribution in [0.3, 0.4) is 0 Å². The monoisotopic (exact) mass is 391 g/mol. The number of methoxy groups -OCH3 is 1. The number of benzene rings is 2. The summed E-state index contributed by atoms with van der Waals surface area (Å²) in [6, 6.07) is 14.0. The fourth-order valence-corrected chi connectivity index (χ4v) is 4.32. The average Bonchev–Trinajstić information content (AvgIpc) is 3.36. The van der Waals surface area contributed by atoms with Crippen molar-refractivity contribution < 1.29 is 18.7 Å². The van der Waals surface area contributed by atoms with E-state index in [1.807, 2.05) is 24.3 Å². The molecule has 1 aromatic heterocycles. The number of nitrogens with zero attached hydrogens (tertiary/aromatic N) is 1. The van der Waals surface area contributed by atoms with Gasteiger partial charge < -0.3 is 18.8 Å². The van der Waals surface area contributed by atoms with Gasteiger partial charge in [0.1, 0.15) is 11.3 Å². The van der Waals surface area contributed by atoms with Crippen LogP contribution in [0.4, 0.5) is 0 Å². The van der Waals surface area contributed by atoms with E-state index in [-0.39, 0.29) is 23.2 Å². The molecule has 6 heteroatoms. The maximum atomic E-state index is 13.4. The Bertz CT molecular complexity index is 1150. The van der Waals surface area contributed by atoms with Gasteiger partial charge in [-0.2, -0.15) is 0 Å². The fraction of sp³-hybridized carbons (Fsp3) is 0.304. The quantitative estimate of drug-likeness (QED) is 0.681. The zero-order valence-corrected chi connectivity index (χ0v) is 16.1. The summed E-state index contributed by atoms with van der Waals surface area (Å²) in [5.74, 6) is 0.524. The maximum absolute atomic E-state index is 13.4. The molecule has 0 bridgehead atoms. The van der Waals surface area contributed by atoms with Gasteiger partial charge in [-0.25, -0.2) is 0 Å². The molecular formula is C23H21NO5. The highest BCUT2D eigenvalue weighted by Crippen LogP contribution is 2.39. The molecule has 0 aliphatic carbocycles. The van der Waals surface area contributed by atoms with E-state index in [0.717, 1.165) is 18.4 Å². The second-order valence-corrected chi connectivity index (χ2v) is 7.44. The molecule has 0 unspecified atom stereocenters. The van der Waals surface area contributed by atoms with Crippen molar-refractivity contribution in [2.75, 3.05) is 20.3 Å². The van der Waals surface area contributed by atoms with E-state index in [2.05, 4.69) is 0 Å². The molecule has 2 atom stereocenters. The van der Waals surface area contributed by atoms with Crippen molar-refractivity contribution in [3.8, 4) is 5.75 Å². The highest BCUT2D eigenvalue weighted by atomic mass is 16.5. The predicted octanol–water partition coefficient (Wildman–Crippen LogP) is 3.53. The molecule has 1 amide bonds. The van der Waals surface area contributed by atoms with E-state index in [0.29, 0.717) is 35.4 Å². The van der Waals surface area contributed by atoms with E-state index in [9.17, 15) is 9.59 Å². The van der Waals surface area contributed by atoms with E-state index >= 15 is 0 Å². The van der Waals surface area contributed by atoms with Gasteiger partial charge in [0.25, 0.3) is 5.91 Å². The number of carbonyl (C=O) groups excluding carboxylic acids is 1. The van der Waals surface area contributed by atoms with Gasteiger partial charge in [0, 0.05) is 13.2 Å². The summed E-state index contributed by atoms with van der Waals surface area (Å²) in [6.07, 6.45) is 1.84. The van der Waals surface area contributed by atoms with Crippen LogP contribution in [-0.2, 0) is 4.74 Å². The Morgan fingerprint density at radius 2 is 2.00 bits per heavy atom. The first kappa shape index (κ1) is 17.9. The zero-order chi connectivity index (χ0) is 20.0. The van der Waals surface area contributed by atoms with Crippen LogP contribution in [-0.4, -0.2) is 37.2 Å². The highest BCUT2D eigenvalue weighted by molar-refractivity contribution is 5.99. The largest absolute Gasteiger partial charge is 0.497 e. The van der Waals surface area contributed by atoms with Crippen LogP contribution >= 0.6 is 0 Å². The van der Waals surface area contributed by atoms with Crippen molar-refractivity contribution in [3.05, 3.63) is 75.6 Å². The maximum Gasteiger partial charge on any atom is 0.291 e. The zero-order valence-electron chi connectivity index (χ0n) is 16.1. The Morgan fingerprint density at radius 1 is 1.14 bits per heavy atom. The van der Waals surface area contributed by atoms with Crippen molar-refractivity contribution in [1.29, 1.82) is 0 Å². The molecule has 3 aromatic rings. The van der Waals surface area contributed by atoms with Crippen molar-refractivity contribution in [2.45, 2.75) is 25.0 Å². The van der Waals surface area contributed by atoms with Crippen LogP contribution in [0.5, 0.6) is 5.75 Å². The van der Waals surface area contributed by atoms with Gasteiger partial charge in [-0.3, -0.25) is 9.59 Å². The number of carbonyl (C=O) groups is 1. The molecule has 6 nitrogen and oxygen atoms in total. The van der Waals surface area contributed by atoms with Gasteiger partial charge in [0.15, 0.2) is 5.43 Å². The number of ether oxygens (including phenoxy) is 2. The smallest absolute Gasteiger partial charge is 0.291 e. The van der Waals surface area contributed by atoms with Crippen molar-refractivity contribution in [1.82, 2.24) is 4.90 Å². The van der Waals surface area contributed by atoms with Gasteiger partial charge in [-0.05, 0) is 42.7 Å². The van der Waals surface area contributed by atoms with E-state index < -0.39 is 6.04 Å². The topological polar surface area (TPSA) is 69.0 Å². The lowest BCUT2D eigenvalue weighted by Gasteiger charge is -2.27. The minimum absolute atomic E-state index is 0.0362. The first-order chi connectivity index (χ1) is 14.2. The van der Waals surface area contributed by atoms with Crippen molar-refractivity contribution in [3.63, 3.8) is 0 Å². The minimum Gasteiger partial charge on any atom is -0.497 e. The Kier molecular flexibility index (Phi) is 4.36. The molecule has 2 aromatic carbocycles. The summed E-state index contributed by atoms with van der Waals surface area (Å²) in [5.41, 5.74) is 1.46. The molecule has 0 spiro atoms. The van der Waals surface area contributed by atoms with E-state index in [1.54, 1.807) is 36.3 Å². The lowest BCUT2D eigenvalue weighted by atomic mass is 9.98. The number of para-hydroxylation sites is 1. The molecule has 2 aliphatic rings. The molecular weight excluding hydrogens is 370 g/mol. The van der Waals surface area contributed by atoms with E-state index in [1.165, 1.54) is 0 Å². The predicted molar refractivity (Wildman–Crippen MR) is 107 cm³/mol. The van der Waals surface area contributed by atoms with Gasteiger partial charge in [-0.15, -0.1) is 0 Å². The Labute approximate surface area is 167 Å². The number of fused-ring (bicyclic) bond motifs is 2. The highest BCUT2D eigenvalue weighted by Gasteiger charge is 2.43. The summed E-state index contributed by atoms with van der Waals surface area (Å²) in [5, 5.41) is 0.478. The minimum atomic E-state index is -0.530. The van der Waals surface area contributed by atoms with Gasteiger partial charge >= 0.3 is 0 Å². The molecule has 148 valence electrons. The van der Waals surface area contributed by atoms with Crippen LogP contribution in [0, 0.1) is 0 Å². The van der Waals surface area contributed by atoms with Crippen molar-refractivity contribution in [2.24, 2.45) is 0 Å². The molecule has 3 heterocycles. The number of amides is 1. The van der Waals surface area contributed by atoms with Crippen LogP contribution in [0.2, 0.25) is 0 Å². The molecule has 0 N–H and O–H groups in total. The van der Waals surface area contributed by atoms with Crippen molar-refractivity contribution >= 4 is 16.9 Å². The summed E-state index contributed by atoms with van der Waals surface area (Å²) in [7, 11) is 1.60. The van der Waals surface area contributed by atoms with Crippen LogP contribution in [0.1, 0.15) is 40.6 Å². The normalized spacial score (nSPS) is 21.0. The third-order valence-electron chi connectivity index (χ3n) is 5.71. The van der Waals surface area contributed by atoms with Gasteiger partial charge in [0.2, 0.25) is 5.76 Å². The third kappa shape index (κ3) is 2.91. The summed E-state index contributed by atoms with van der Waals surface area (Å²) in [4.78, 5) is 28.4.